The normalized spacial score (nSPS) is 13.5. The molecule has 1 unspecified atom stereocenters. The molecule has 3 atom stereocenters. The van der Waals surface area contributed by atoms with Crippen LogP contribution in [-0.2, 0) is 32.5 Å². The van der Waals surface area contributed by atoms with Gasteiger partial charge in [-0.3, -0.25) is 9.59 Å². The fourth-order valence-corrected chi connectivity index (χ4v) is 6.44. The van der Waals surface area contributed by atoms with E-state index in [1.165, 1.54) is 17.7 Å². The van der Waals surface area contributed by atoms with Crippen molar-refractivity contribution in [2.45, 2.75) is 50.6 Å². The van der Waals surface area contributed by atoms with E-state index in [0.29, 0.717) is 29.7 Å². The molecule has 45 heavy (non-hydrogen) atoms. The lowest BCUT2D eigenvalue weighted by Gasteiger charge is -2.22. The monoisotopic (exact) mass is 632 g/mol. The molecule has 0 aliphatic rings. The average molecular weight is 633 g/mol. The molecule has 1 heterocycles. The Bertz CT molecular complexity index is 1720. The van der Waals surface area contributed by atoms with Crippen LogP contribution in [0.1, 0.15) is 53.0 Å². The smallest absolute Gasteiger partial charge is 0.334 e. The predicted molar refractivity (Wildman–Crippen MR) is 169 cm³/mol. The number of Topliss-reactive ketones (excluding diaryl/α,β-unsaturated/α-hetero) is 1. The van der Waals surface area contributed by atoms with Crippen molar-refractivity contribution in [3.05, 3.63) is 114 Å². The Kier molecular flexibility index (Phi) is 11.0. The Labute approximate surface area is 262 Å². The second kappa shape index (κ2) is 14.9. The molecular weight excluding hydrogens is 596 g/mol. The highest BCUT2D eigenvalue weighted by Gasteiger charge is 2.34. The molecule has 0 saturated heterocycles. The van der Waals surface area contributed by atoms with E-state index in [9.17, 15) is 33.0 Å². The van der Waals surface area contributed by atoms with E-state index in [-0.39, 0.29) is 17.9 Å². The number of carbonyl (C=O) groups is 3. The minimum absolute atomic E-state index is 0.0301. The van der Waals surface area contributed by atoms with Gasteiger partial charge in [-0.15, -0.1) is 0 Å². The highest BCUT2D eigenvalue weighted by Crippen LogP contribution is 2.29. The average Bonchev–Trinajstić information content (AvgIpc) is 3.44. The summed E-state index contributed by atoms with van der Waals surface area (Å²) in [5.41, 5.74) is 3.14. The van der Waals surface area contributed by atoms with Gasteiger partial charge in [0.25, 0.3) is 5.91 Å². The molecule has 11 nitrogen and oxygen atoms in total. The van der Waals surface area contributed by atoms with E-state index in [2.05, 4.69) is 15.1 Å². The number of amides is 1. The van der Waals surface area contributed by atoms with Crippen molar-refractivity contribution in [2.24, 2.45) is 0 Å². The first-order valence-corrected chi connectivity index (χ1v) is 16.0. The van der Waals surface area contributed by atoms with E-state index in [1.807, 2.05) is 37.3 Å². The number of carboxylic acids is 1. The molecule has 0 bridgehead atoms. The van der Waals surface area contributed by atoms with Crippen molar-refractivity contribution in [3.63, 3.8) is 0 Å². The maximum absolute atomic E-state index is 13.7. The summed E-state index contributed by atoms with van der Waals surface area (Å²) in [5, 5.41) is 25.4. The number of ketones is 1. The molecule has 4 aromatic rings. The van der Waals surface area contributed by atoms with Gasteiger partial charge in [-0.05, 0) is 48.1 Å². The summed E-state index contributed by atoms with van der Waals surface area (Å²) in [7, 11) is -4.26. The maximum atomic E-state index is 13.7. The first-order valence-electron chi connectivity index (χ1n) is 14.5. The molecule has 0 spiro atoms. The summed E-state index contributed by atoms with van der Waals surface area (Å²) in [6, 6.07) is 25.5. The number of carbonyl (C=O) groups excluding carboxylic acids is 2. The Balaban J connectivity index is 1.74. The third-order valence-corrected chi connectivity index (χ3v) is 8.75. The van der Waals surface area contributed by atoms with Crippen LogP contribution in [0.5, 0.6) is 0 Å². The molecular formula is C33H36N4O7S. The van der Waals surface area contributed by atoms with E-state index in [0.717, 1.165) is 11.1 Å². The van der Waals surface area contributed by atoms with Crippen LogP contribution in [0.2, 0.25) is 0 Å². The molecule has 4 N–H and O–H groups in total. The summed E-state index contributed by atoms with van der Waals surface area (Å²) in [4.78, 5) is 36.8. The molecule has 4 rings (SSSR count). The number of hydrogen-bond acceptors (Lipinski definition) is 7. The van der Waals surface area contributed by atoms with Crippen LogP contribution in [0, 0.1) is 0 Å². The number of hydrogen-bond donors (Lipinski definition) is 4. The molecule has 12 heteroatoms. The Morgan fingerprint density at radius 3 is 2.09 bits per heavy atom. The van der Waals surface area contributed by atoms with Crippen molar-refractivity contribution in [1.29, 1.82) is 0 Å². The largest absolute Gasteiger partial charge is 0.479 e. The lowest BCUT2D eigenvalue weighted by atomic mass is 10.0. The van der Waals surface area contributed by atoms with Crippen LogP contribution in [0.15, 0.2) is 91.0 Å². The summed E-state index contributed by atoms with van der Waals surface area (Å²) in [5.74, 6) is -2.66. The predicted octanol–water partition coefficient (Wildman–Crippen LogP) is 3.34. The maximum Gasteiger partial charge on any atom is 0.334 e. The van der Waals surface area contributed by atoms with Crippen LogP contribution in [-0.4, -0.2) is 64.8 Å². The number of sulfonamides is 1. The van der Waals surface area contributed by atoms with E-state index >= 15 is 0 Å². The van der Waals surface area contributed by atoms with E-state index in [4.69, 9.17) is 0 Å². The van der Waals surface area contributed by atoms with Gasteiger partial charge in [-0.1, -0.05) is 98.3 Å². The third-order valence-electron chi connectivity index (χ3n) is 7.14. The van der Waals surface area contributed by atoms with Crippen LogP contribution < -0.4 is 10.0 Å². The molecule has 3 aromatic carbocycles. The minimum Gasteiger partial charge on any atom is -0.479 e. The number of nitrogens with one attached hydrogen (secondary N) is 2. The molecule has 0 radical (unpaired) electrons. The number of aliphatic carboxylic acids is 1. The lowest BCUT2D eigenvalue weighted by molar-refractivity contribution is -0.148. The Morgan fingerprint density at radius 1 is 0.911 bits per heavy atom. The minimum atomic E-state index is -4.26. The lowest BCUT2D eigenvalue weighted by Crippen LogP contribution is -2.48. The Morgan fingerprint density at radius 2 is 1.51 bits per heavy atom. The van der Waals surface area contributed by atoms with E-state index < -0.39 is 46.0 Å². The number of rotatable bonds is 15. The van der Waals surface area contributed by atoms with Crippen molar-refractivity contribution < 1.29 is 33.0 Å². The zero-order valence-electron chi connectivity index (χ0n) is 25.0. The number of aliphatic hydroxyl groups is 1. The zero-order chi connectivity index (χ0) is 32.6. The standard InChI is InChI=1S/C33H36N4O7S/c1-3-10-27-20-29(31(40)35-28(30(39)33(41)42)19-23-11-6-4-7-12-23)36-37(27)32(45(43,44)34-21-22(2)38)26-17-15-25(16-18-26)24-13-8-5-9-14-24/h4-9,11-18,20,28,30,32,34,39H,3,10,19,21H2,1-2H3,(H,35,40)(H,41,42)/t28-,30-,32?/m1/s1. The molecule has 1 amide bonds. The number of aryl methyl sites for hydroxylation is 1. The number of nitrogens with zero attached hydrogens (tertiary/aromatic N) is 2. The number of benzene rings is 3. The molecule has 236 valence electrons. The number of aromatic nitrogens is 2. The van der Waals surface area contributed by atoms with Gasteiger partial charge < -0.3 is 15.5 Å². The van der Waals surface area contributed by atoms with Gasteiger partial charge in [0, 0.05) is 5.69 Å². The van der Waals surface area contributed by atoms with Crippen LogP contribution in [0.25, 0.3) is 11.1 Å². The fraction of sp³-hybridized carbons (Fsp3) is 0.273. The van der Waals surface area contributed by atoms with Gasteiger partial charge in [0.2, 0.25) is 10.0 Å². The Hall–Kier alpha value is -4.65. The van der Waals surface area contributed by atoms with Crippen LogP contribution >= 0.6 is 0 Å². The topological polar surface area (TPSA) is 168 Å². The molecule has 0 aliphatic heterocycles. The number of carboxylic acid groups (broad SMARTS) is 1. The fourth-order valence-electron chi connectivity index (χ4n) is 4.92. The van der Waals surface area contributed by atoms with Gasteiger partial charge in [0.1, 0.15) is 5.78 Å². The first-order chi connectivity index (χ1) is 21.5. The van der Waals surface area contributed by atoms with Crippen molar-refractivity contribution >= 4 is 27.7 Å². The summed E-state index contributed by atoms with van der Waals surface area (Å²) >= 11 is 0. The van der Waals surface area contributed by atoms with Gasteiger partial charge in [-0.2, -0.15) is 5.10 Å². The summed E-state index contributed by atoms with van der Waals surface area (Å²) in [6.07, 6.45) is -0.908. The van der Waals surface area contributed by atoms with E-state index in [1.54, 1.807) is 54.6 Å². The zero-order valence-corrected chi connectivity index (χ0v) is 25.8. The summed E-state index contributed by atoms with van der Waals surface area (Å²) < 4.78 is 31.1. The highest BCUT2D eigenvalue weighted by atomic mass is 32.2. The van der Waals surface area contributed by atoms with Crippen molar-refractivity contribution in [3.8, 4) is 11.1 Å². The second-order valence-electron chi connectivity index (χ2n) is 10.7. The van der Waals surface area contributed by atoms with Crippen molar-refractivity contribution in [2.75, 3.05) is 6.54 Å². The quantitative estimate of drug-likeness (QED) is 0.155. The number of aliphatic hydroxyl groups excluding tert-OH is 1. The van der Waals surface area contributed by atoms with Gasteiger partial charge in [-0.25, -0.2) is 22.6 Å². The molecule has 0 saturated carbocycles. The van der Waals surface area contributed by atoms with Gasteiger partial charge >= 0.3 is 5.97 Å². The van der Waals surface area contributed by atoms with Crippen LogP contribution in [0.4, 0.5) is 0 Å². The second-order valence-corrected chi connectivity index (χ2v) is 12.5. The molecule has 1 aromatic heterocycles. The molecule has 0 fully saturated rings. The highest BCUT2D eigenvalue weighted by molar-refractivity contribution is 7.89. The SMILES string of the molecule is CCCc1cc(C(=O)N[C@H](Cc2ccccc2)[C@@H](O)C(=O)O)nn1C(c1ccc(-c2ccccc2)cc1)S(=O)(=O)NCC(C)=O. The third kappa shape index (κ3) is 8.50. The van der Waals surface area contributed by atoms with Gasteiger partial charge in [0.05, 0.1) is 12.6 Å². The van der Waals surface area contributed by atoms with Gasteiger partial charge in [0.15, 0.2) is 17.2 Å². The van der Waals surface area contributed by atoms with Crippen molar-refractivity contribution in [1.82, 2.24) is 19.8 Å². The summed E-state index contributed by atoms with van der Waals surface area (Å²) in [6.45, 7) is 2.73. The molecule has 0 aliphatic carbocycles. The first kappa shape index (κ1) is 33.2. The van der Waals surface area contributed by atoms with Crippen LogP contribution in [0.3, 0.4) is 0 Å².